The third-order valence-corrected chi connectivity index (χ3v) is 3.65. The quantitative estimate of drug-likeness (QED) is 0.655. The number of hydrogen-bond donors (Lipinski definition) is 2. The van der Waals surface area contributed by atoms with E-state index in [1.165, 1.54) is 12.0 Å². The van der Waals surface area contributed by atoms with E-state index in [9.17, 15) is 19.2 Å². The highest BCUT2D eigenvalue weighted by Gasteiger charge is 2.37. The summed E-state index contributed by atoms with van der Waals surface area (Å²) in [5, 5.41) is 2.54. The van der Waals surface area contributed by atoms with E-state index in [-0.39, 0.29) is 26.1 Å². The molecule has 1 heterocycles. The highest BCUT2D eigenvalue weighted by Crippen LogP contribution is 2.18. The summed E-state index contributed by atoms with van der Waals surface area (Å²) in [5.74, 6) is -1.46. The lowest BCUT2D eigenvalue weighted by molar-refractivity contribution is -0.125. The summed E-state index contributed by atoms with van der Waals surface area (Å²) < 4.78 is 9.60. The van der Waals surface area contributed by atoms with E-state index in [0.29, 0.717) is 11.1 Å². The molecule has 0 aliphatic carbocycles. The maximum absolute atomic E-state index is 12.2. The van der Waals surface area contributed by atoms with E-state index < -0.39 is 29.9 Å². The van der Waals surface area contributed by atoms with Gasteiger partial charge in [-0.1, -0.05) is 12.1 Å². The van der Waals surface area contributed by atoms with Crippen LogP contribution in [0.3, 0.4) is 0 Å². The van der Waals surface area contributed by atoms with Gasteiger partial charge in [-0.05, 0) is 17.7 Å². The fraction of sp³-hybridized carbons (Fsp3) is 0.375. The average Bonchev–Trinajstić information content (AvgIpc) is 2.95. The van der Waals surface area contributed by atoms with E-state index in [0.717, 1.165) is 0 Å². The number of nitrogens with zero attached hydrogens (tertiary/aromatic N) is 1. The largest absolute Gasteiger partial charge is 0.465 e. The minimum absolute atomic E-state index is 0.00837. The molecule has 25 heavy (non-hydrogen) atoms. The van der Waals surface area contributed by atoms with Gasteiger partial charge >= 0.3 is 12.1 Å². The van der Waals surface area contributed by atoms with Gasteiger partial charge in [0.05, 0.1) is 19.2 Å². The second-order valence-electron chi connectivity index (χ2n) is 5.42. The Morgan fingerprint density at radius 1 is 1.40 bits per heavy atom. The molecule has 0 unspecified atom stereocenters. The van der Waals surface area contributed by atoms with Gasteiger partial charge in [-0.3, -0.25) is 14.5 Å². The number of nitrogens with two attached hydrogens (primary N) is 1. The molecule has 0 spiro atoms. The van der Waals surface area contributed by atoms with E-state index in [4.69, 9.17) is 10.5 Å². The number of primary amides is 1. The Morgan fingerprint density at radius 2 is 2.16 bits per heavy atom. The minimum Gasteiger partial charge on any atom is -0.465 e. The molecular formula is C16H19N3O6. The van der Waals surface area contributed by atoms with Crippen molar-refractivity contribution in [3.63, 3.8) is 0 Å². The Labute approximate surface area is 144 Å². The standard InChI is InChI=1S/C16H19N3O6/c1-24-15(22)11-4-2-3-10(7-11)8-19-12(9-25-16(19)23)14(21)18-6-5-13(17)20/h2-4,7,12H,5-6,8-9H2,1H3,(H2,17,20)(H,18,21)/t12-/m0/s1. The number of esters is 1. The molecule has 1 aliphatic heterocycles. The van der Waals surface area contributed by atoms with Crippen molar-refractivity contribution in [3.05, 3.63) is 35.4 Å². The lowest BCUT2D eigenvalue weighted by atomic mass is 10.1. The van der Waals surface area contributed by atoms with Crippen LogP contribution in [-0.4, -0.2) is 55.1 Å². The summed E-state index contributed by atoms with van der Waals surface area (Å²) in [6.07, 6.45) is -0.618. The predicted molar refractivity (Wildman–Crippen MR) is 85.3 cm³/mol. The number of rotatable bonds is 7. The van der Waals surface area contributed by atoms with Crippen LogP contribution in [0, 0.1) is 0 Å². The van der Waals surface area contributed by atoms with E-state index >= 15 is 0 Å². The van der Waals surface area contributed by atoms with Crippen LogP contribution in [0.5, 0.6) is 0 Å². The molecule has 9 heteroatoms. The van der Waals surface area contributed by atoms with E-state index in [1.54, 1.807) is 24.3 Å². The van der Waals surface area contributed by atoms with Gasteiger partial charge in [0.25, 0.3) is 0 Å². The molecule has 1 fully saturated rings. The highest BCUT2D eigenvalue weighted by atomic mass is 16.6. The number of carbonyl (C=O) groups is 4. The summed E-state index contributed by atoms with van der Waals surface area (Å²) in [5.41, 5.74) is 6.01. The molecule has 1 aromatic carbocycles. The number of amides is 3. The Kier molecular flexibility index (Phi) is 5.93. The van der Waals surface area contributed by atoms with E-state index in [2.05, 4.69) is 10.1 Å². The van der Waals surface area contributed by atoms with Crippen LogP contribution >= 0.6 is 0 Å². The molecule has 2 rings (SSSR count). The van der Waals surface area contributed by atoms with Crippen molar-refractivity contribution >= 4 is 23.9 Å². The summed E-state index contributed by atoms with van der Waals surface area (Å²) >= 11 is 0. The van der Waals surface area contributed by atoms with Crippen LogP contribution in [0.1, 0.15) is 22.3 Å². The molecule has 9 nitrogen and oxygen atoms in total. The van der Waals surface area contributed by atoms with Gasteiger partial charge in [0.2, 0.25) is 11.8 Å². The van der Waals surface area contributed by atoms with Gasteiger partial charge in [-0.15, -0.1) is 0 Å². The summed E-state index contributed by atoms with van der Waals surface area (Å²) in [7, 11) is 1.28. The number of carbonyl (C=O) groups excluding carboxylic acids is 4. The van der Waals surface area contributed by atoms with Crippen molar-refractivity contribution in [3.8, 4) is 0 Å². The first-order valence-electron chi connectivity index (χ1n) is 7.59. The fourth-order valence-electron chi connectivity index (χ4n) is 2.38. The highest BCUT2D eigenvalue weighted by molar-refractivity contribution is 5.90. The van der Waals surface area contributed by atoms with Crippen LogP contribution in [0.2, 0.25) is 0 Å². The van der Waals surface area contributed by atoms with Gasteiger partial charge < -0.3 is 20.5 Å². The number of cyclic esters (lactones) is 1. The van der Waals surface area contributed by atoms with Crippen LogP contribution in [0.15, 0.2) is 24.3 Å². The number of benzene rings is 1. The first-order chi connectivity index (χ1) is 11.9. The molecular weight excluding hydrogens is 330 g/mol. The Bertz CT molecular complexity index is 690. The van der Waals surface area contributed by atoms with Gasteiger partial charge in [0.15, 0.2) is 0 Å². The van der Waals surface area contributed by atoms with Gasteiger partial charge in [0, 0.05) is 13.0 Å². The van der Waals surface area contributed by atoms with Crippen molar-refractivity contribution < 1.29 is 28.7 Å². The van der Waals surface area contributed by atoms with Gasteiger partial charge in [-0.25, -0.2) is 9.59 Å². The molecule has 3 N–H and O–H groups in total. The van der Waals surface area contributed by atoms with Crippen molar-refractivity contribution in [2.45, 2.75) is 19.0 Å². The molecule has 0 aromatic heterocycles. The van der Waals surface area contributed by atoms with Crippen molar-refractivity contribution in [2.24, 2.45) is 5.73 Å². The SMILES string of the molecule is COC(=O)c1cccc(CN2C(=O)OC[C@H]2C(=O)NCCC(N)=O)c1. The Balaban J connectivity index is 2.05. The van der Waals surface area contributed by atoms with Crippen molar-refractivity contribution in [2.75, 3.05) is 20.3 Å². The first kappa shape index (κ1) is 18.2. The number of nitrogens with one attached hydrogen (secondary N) is 1. The molecule has 1 aromatic rings. The summed E-state index contributed by atoms with van der Waals surface area (Å²) in [6, 6.07) is 5.73. The minimum atomic E-state index is -0.817. The number of methoxy groups -OCH3 is 1. The molecule has 1 saturated heterocycles. The second-order valence-corrected chi connectivity index (χ2v) is 5.42. The van der Waals surface area contributed by atoms with Crippen LogP contribution in [0.25, 0.3) is 0 Å². The second kappa shape index (κ2) is 8.13. The average molecular weight is 349 g/mol. The lowest BCUT2D eigenvalue weighted by Gasteiger charge is -2.21. The Hall–Kier alpha value is -3.10. The molecule has 0 bridgehead atoms. The topological polar surface area (TPSA) is 128 Å². The van der Waals surface area contributed by atoms with Crippen molar-refractivity contribution in [1.29, 1.82) is 0 Å². The fourth-order valence-corrected chi connectivity index (χ4v) is 2.38. The predicted octanol–water partition coefficient (Wildman–Crippen LogP) is -0.214. The zero-order chi connectivity index (χ0) is 18.4. The van der Waals surface area contributed by atoms with Crippen LogP contribution in [-0.2, 0) is 25.6 Å². The smallest absolute Gasteiger partial charge is 0.410 e. The molecule has 1 atom stereocenters. The van der Waals surface area contributed by atoms with Crippen molar-refractivity contribution in [1.82, 2.24) is 10.2 Å². The van der Waals surface area contributed by atoms with Crippen LogP contribution < -0.4 is 11.1 Å². The van der Waals surface area contributed by atoms with Crippen LogP contribution in [0.4, 0.5) is 4.79 Å². The first-order valence-corrected chi connectivity index (χ1v) is 7.59. The molecule has 0 saturated carbocycles. The lowest BCUT2D eigenvalue weighted by Crippen LogP contribution is -2.46. The van der Waals surface area contributed by atoms with E-state index in [1.807, 2.05) is 0 Å². The normalized spacial score (nSPS) is 16.3. The monoisotopic (exact) mass is 349 g/mol. The molecule has 1 aliphatic rings. The number of hydrogen-bond acceptors (Lipinski definition) is 6. The summed E-state index contributed by atoms with van der Waals surface area (Å²) in [4.78, 5) is 47.7. The Morgan fingerprint density at radius 3 is 2.84 bits per heavy atom. The maximum Gasteiger partial charge on any atom is 0.410 e. The maximum atomic E-state index is 12.2. The zero-order valence-corrected chi connectivity index (χ0v) is 13.7. The molecule has 3 amide bonds. The molecule has 0 radical (unpaired) electrons. The summed E-state index contributed by atoms with van der Waals surface area (Å²) in [6.45, 7) is 0.0972. The van der Waals surface area contributed by atoms with Gasteiger partial charge in [-0.2, -0.15) is 0 Å². The van der Waals surface area contributed by atoms with Gasteiger partial charge in [0.1, 0.15) is 12.6 Å². The third kappa shape index (κ3) is 4.69. The molecule has 134 valence electrons. The number of ether oxygens (including phenoxy) is 2. The third-order valence-electron chi connectivity index (χ3n) is 3.65. The zero-order valence-electron chi connectivity index (χ0n) is 13.7.